The molecule has 1 heterocycles. The Morgan fingerprint density at radius 2 is 1.56 bits per heavy atom. The van der Waals surface area contributed by atoms with E-state index in [1.165, 1.54) is 7.11 Å². The number of para-hydroxylation sites is 1. The third-order valence-corrected chi connectivity index (χ3v) is 9.78. The van der Waals surface area contributed by atoms with Gasteiger partial charge in [-0.2, -0.15) is 0 Å². The summed E-state index contributed by atoms with van der Waals surface area (Å²) in [6.45, 7) is 2.22. The van der Waals surface area contributed by atoms with Gasteiger partial charge in [0.05, 0.1) is 72.7 Å². The van der Waals surface area contributed by atoms with Crippen molar-refractivity contribution < 1.29 is 53.0 Å². The monoisotopic (exact) mass is 790 g/mol. The number of aliphatic hydroxyl groups is 1. The van der Waals surface area contributed by atoms with Crippen LogP contribution in [0.2, 0.25) is 0 Å². The van der Waals surface area contributed by atoms with E-state index in [-0.39, 0.29) is 57.8 Å². The van der Waals surface area contributed by atoms with E-state index in [2.05, 4.69) is 10.9 Å². The minimum absolute atomic E-state index is 0.00974. The molecule has 5 rings (SSSR count). The van der Waals surface area contributed by atoms with Crippen molar-refractivity contribution in [3.8, 4) is 17.2 Å². The lowest BCUT2D eigenvalue weighted by atomic mass is 9.84. The summed E-state index contributed by atoms with van der Waals surface area (Å²) in [6.07, 6.45) is -0.270. The molecule has 4 unspecified atom stereocenters. The van der Waals surface area contributed by atoms with Crippen molar-refractivity contribution in [2.24, 2.45) is 0 Å². The molecule has 0 spiro atoms. The number of amides is 1. The van der Waals surface area contributed by atoms with Gasteiger partial charge in [-0.3, -0.25) is 4.79 Å². The first-order valence-corrected chi connectivity index (χ1v) is 19.2. The van der Waals surface area contributed by atoms with Crippen molar-refractivity contribution in [3.05, 3.63) is 112 Å². The van der Waals surface area contributed by atoms with Crippen LogP contribution in [0.4, 0.5) is 0 Å². The first kappa shape index (κ1) is 43.1. The maximum Gasteiger partial charge on any atom is 0.294 e. The van der Waals surface area contributed by atoms with Crippen LogP contribution in [-0.2, 0) is 41.8 Å². The van der Waals surface area contributed by atoms with Gasteiger partial charge in [-0.25, -0.2) is 0 Å². The molecule has 0 saturated carbocycles. The lowest BCUT2D eigenvalue weighted by Gasteiger charge is -2.44. The number of rotatable bonds is 24. The lowest BCUT2D eigenvalue weighted by molar-refractivity contribution is -0.757. The summed E-state index contributed by atoms with van der Waals surface area (Å²) >= 11 is 0. The number of carbonyl (C=O) groups excluding carboxylic acids is 1. The van der Waals surface area contributed by atoms with Gasteiger partial charge in [0, 0.05) is 49.9 Å². The van der Waals surface area contributed by atoms with E-state index in [0.717, 1.165) is 39.0 Å². The van der Waals surface area contributed by atoms with Crippen LogP contribution >= 0.6 is 0 Å². The number of unbranched alkanes of at least 4 members (excludes halogenated alkanes) is 1. The van der Waals surface area contributed by atoms with E-state index in [9.17, 15) is 20.0 Å². The minimum atomic E-state index is -0.873. The fraction of sp³-hybridized carbons (Fsp3) is 0.465. The molecular formula is C43H54N2O12. The number of nitrogens with zero attached hydrogens (tertiary/aromatic N) is 2. The van der Waals surface area contributed by atoms with Gasteiger partial charge < -0.3 is 48.0 Å². The molecule has 14 nitrogen and oxygen atoms in total. The summed E-state index contributed by atoms with van der Waals surface area (Å²) in [5.41, 5.74) is 2.82. The Kier molecular flexibility index (Phi) is 17.2. The van der Waals surface area contributed by atoms with Gasteiger partial charge in [0.25, 0.3) is 5.09 Å². The highest BCUT2D eigenvalue weighted by molar-refractivity contribution is 5.89. The van der Waals surface area contributed by atoms with Crippen molar-refractivity contribution in [2.45, 2.75) is 63.1 Å². The van der Waals surface area contributed by atoms with Gasteiger partial charge in [-0.15, -0.1) is 10.1 Å². The maximum absolute atomic E-state index is 13.6. The number of likely N-dealkylation sites (tertiary alicyclic amines) is 1. The number of benzene rings is 4. The molecule has 1 fully saturated rings. The normalized spacial score (nSPS) is 17.3. The molecule has 1 aliphatic heterocycles. The number of carbonyl (C=O) groups is 1. The third-order valence-electron chi connectivity index (χ3n) is 9.78. The highest BCUT2D eigenvalue weighted by atomic mass is 16.9. The Labute approximate surface area is 333 Å². The zero-order valence-electron chi connectivity index (χ0n) is 32.9. The van der Waals surface area contributed by atoms with E-state index in [1.54, 1.807) is 19.1 Å². The standard InChI is InChI=1S/C43H54N2O12/c1-50-29-35(46)30-56-41-26-44(42(47)15-8-9-22-57-45(48)49)25-40(55-27-31-23-33-11-4-6-13-37(33)39(24-31)52-3)43(41)32-16-18-36(19-17-32)54-21-10-20-53-28-34-12-5-7-14-38(34)51-2/h4-7,11-14,16-19,23-24,35,40-41,43,46H,8-10,15,20-22,25-30H2,1-3H3. The Morgan fingerprint density at radius 1 is 0.825 bits per heavy atom. The molecule has 4 atom stereocenters. The molecule has 0 aromatic heterocycles. The molecule has 1 aliphatic rings. The summed E-state index contributed by atoms with van der Waals surface area (Å²) < 4.78 is 41.3. The van der Waals surface area contributed by atoms with Crippen LogP contribution in [0.3, 0.4) is 0 Å². The second kappa shape index (κ2) is 22.7. The van der Waals surface area contributed by atoms with Crippen molar-refractivity contribution in [1.29, 1.82) is 0 Å². The van der Waals surface area contributed by atoms with E-state index in [0.29, 0.717) is 44.8 Å². The van der Waals surface area contributed by atoms with Gasteiger partial charge >= 0.3 is 0 Å². The van der Waals surface area contributed by atoms with Crippen LogP contribution in [0.25, 0.3) is 10.8 Å². The van der Waals surface area contributed by atoms with Crippen molar-refractivity contribution in [2.75, 3.05) is 67.5 Å². The molecule has 1 amide bonds. The predicted octanol–water partition coefficient (Wildman–Crippen LogP) is 6.13. The van der Waals surface area contributed by atoms with Gasteiger partial charge in [-0.1, -0.05) is 54.6 Å². The topological polar surface area (TPSA) is 158 Å². The van der Waals surface area contributed by atoms with Crippen LogP contribution in [0, 0.1) is 10.1 Å². The molecule has 1 N–H and O–H groups in total. The fourth-order valence-corrected chi connectivity index (χ4v) is 7.00. The van der Waals surface area contributed by atoms with E-state index < -0.39 is 23.4 Å². The predicted molar refractivity (Wildman–Crippen MR) is 212 cm³/mol. The molecular weight excluding hydrogens is 736 g/mol. The van der Waals surface area contributed by atoms with Gasteiger partial charge in [0.1, 0.15) is 23.4 Å². The summed E-state index contributed by atoms with van der Waals surface area (Å²) in [6, 6.07) is 27.6. The molecule has 4 aromatic rings. The smallest absolute Gasteiger partial charge is 0.294 e. The first-order chi connectivity index (χ1) is 27.8. The van der Waals surface area contributed by atoms with Crippen molar-refractivity contribution >= 4 is 16.7 Å². The number of hydrogen-bond acceptors (Lipinski definition) is 12. The second-order valence-electron chi connectivity index (χ2n) is 13.8. The summed E-state index contributed by atoms with van der Waals surface area (Å²) in [5.74, 6) is 1.78. The maximum atomic E-state index is 13.6. The Bertz CT molecular complexity index is 1840. The lowest BCUT2D eigenvalue weighted by Crippen LogP contribution is -2.55. The Morgan fingerprint density at radius 3 is 2.32 bits per heavy atom. The molecule has 4 aromatic carbocycles. The zero-order chi connectivity index (χ0) is 40.4. The molecule has 57 heavy (non-hydrogen) atoms. The van der Waals surface area contributed by atoms with Crippen LogP contribution in [0.5, 0.6) is 17.2 Å². The molecule has 0 bridgehead atoms. The van der Waals surface area contributed by atoms with Crippen LogP contribution in [0.1, 0.15) is 48.3 Å². The zero-order valence-corrected chi connectivity index (χ0v) is 32.9. The van der Waals surface area contributed by atoms with Crippen molar-refractivity contribution in [1.82, 2.24) is 4.90 Å². The number of methoxy groups -OCH3 is 3. The van der Waals surface area contributed by atoms with Crippen molar-refractivity contribution in [3.63, 3.8) is 0 Å². The Hall–Kier alpha value is -4.99. The third kappa shape index (κ3) is 13.0. The average Bonchev–Trinajstić information content (AvgIpc) is 3.23. The van der Waals surface area contributed by atoms with E-state index >= 15 is 0 Å². The molecule has 308 valence electrons. The molecule has 0 aliphatic carbocycles. The largest absolute Gasteiger partial charge is 0.496 e. The molecule has 14 heteroatoms. The Balaban J connectivity index is 1.30. The molecule has 0 radical (unpaired) electrons. The van der Waals surface area contributed by atoms with Gasteiger partial charge in [0.15, 0.2) is 0 Å². The SMILES string of the molecule is COCC(O)COC1CN(C(=O)CCCCO[N+](=O)[O-])CC(OCc2cc(OC)c3ccccc3c2)C1c1ccc(OCCCOCc2ccccc2OC)cc1. The summed E-state index contributed by atoms with van der Waals surface area (Å²) in [7, 11) is 4.79. The minimum Gasteiger partial charge on any atom is -0.496 e. The van der Waals surface area contributed by atoms with Crippen LogP contribution in [0.15, 0.2) is 84.9 Å². The molecule has 1 saturated heterocycles. The quantitative estimate of drug-likeness (QED) is 0.0493. The van der Waals surface area contributed by atoms with Gasteiger partial charge in [0.2, 0.25) is 5.91 Å². The van der Waals surface area contributed by atoms with E-state index in [1.807, 2.05) is 78.9 Å². The summed E-state index contributed by atoms with van der Waals surface area (Å²) in [4.78, 5) is 30.3. The summed E-state index contributed by atoms with van der Waals surface area (Å²) in [5, 5.41) is 22.3. The number of hydrogen-bond donors (Lipinski definition) is 1. The van der Waals surface area contributed by atoms with Crippen LogP contribution in [-0.4, -0.2) is 107 Å². The number of fused-ring (bicyclic) bond motifs is 1. The van der Waals surface area contributed by atoms with E-state index in [4.69, 9.17) is 33.2 Å². The number of ether oxygens (including phenoxy) is 7. The fourth-order valence-electron chi connectivity index (χ4n) is 7.00. The number of piperidine rings is 1. The second-order valence-corrected chi connectivity index (χ2v) is 13.8. The van der Waals surface area contributed by atoms with Gasteiger partial charge in [-0.05, 0) is 59.7 Å². The first-order valence-electron chi connectivity index (χ1n) is 19.2. The average molecular weight is 791 g/mol. The van der Waals surface area contributed by atoms with Crippen LogP contribution < -0.4 is 14.2 Å². The number of aliphatic hydroxyl groups excluding tert-OH is 1. The highest BCUT2D eigenvalue weighted by Gasteiger charge is 2.41. The highest BCUT2D eigenvalue weighted by Crippen LogP contribution is 2.36.